The van der Waals surface area contributed by atoms with E-state index in [9.17, 15) is 10.4 Å². The molecule has 0 fully saturated rings. The highest BCUT2D eigenvalue weighted by Gasteiger charge is 2.36. The highest BCUT2D eigenvalue weighted by Crippen LogP contribution is 2.42. The summed E-state index contributed by atoms with van der Waals surface area (Å²) in [5.41, 5.74) is 5.91. The Morgan fingerprint density at radius 3 is 1.03 bits per heavy atom. The second-order valence-electron chi connectivity index (χ2n) is 13.2. The SMILES string of the molecule is CC(C)(C)C1=CC(C(C)(C)C)=C(/C=N\N=C/C2=C(C(C)(C)C)C=C(C(C)(C)C)/C2=N/O)/C1=N\O. The third-order valence-corrected chi connectivity index (χ3v) is 6.05. The van der Waals surface area contributed by atoms with Crippen molar-refractivity contribution in [3.8, 4) is 0 Å². The molecular weight excluding hydrogens is 424 g/mol. The van der Waals surface area contributed by atoms with Crippen molar-refractivity contribution in [1.82, 2.24) is 0 Å². The minimum absolute atomic E-state index is 0.163. The van der Waals surface area contributed by atoms with Crippen molar-refractivity contribution in [2.75, 3.05) is 0 Å². The van der Waals surface area contributed by atoms with Crippen molar-refractivity contribution in [2.45, 2.75) is 83.1 Å². The van der Waals surface area contributed by atoms with E-state index in [1.54, 1.807) is 12.4 Å². The van der Waals surface area contributed by atoms with Gasteiger partial charge < -0.3 is 10.4 Å². The summed E-state index contributed by atoms with van der Waals surface area (Å²) in [7, 11) is 0. The van der Waals surface area contributed by atoms with Crippen LogP contribution in [0.1, 0.15) is 83.1 Å². The fourth-order valence-corrected chi connectivity index (χ4v) is 4.17. The van der Waals surface area contributed by atoms with Gasteiger partial charge in [-0.2, -0.15) is 10.2 Å². The molecule has 2 aliphatic carbocycles. The monoisotopic (exact) mass is 466 g/mol. The van der Waals surface area contributed by atoms with E-state index in [0.29, 0.717) is 11.4 Å². The van der Waals surface area contributed by atoms with Gasteiger partial charge in [-0.1, -0.05) is 106 Å². The molecule has 0 bridgehead atoms. The zero-order valence-electron chi connectivity index (χ0n) is 23.0. The molecule has 0 spiro atoms. The molecule has 0 saturated heterocycles. The predicted molar refractivity (Wildman–Crippen MR) is 143 cm³/mol. The van der Waals surface area contributed by atoms with Gasteiger partial charge in [0.25, 0.3) is 0 Å². The molecule has 2 rings (SSSR count). The number of hydrogen-bond donors (Lipinski definition) is 2. The zero-order valence-corrected chi connectivity index (χ0v) is 23.0. The third kappa shape index (κ3) is 5.65. The molecule has 6 heteroatoms. The standard InChI is InChI=1S/C28H42N4O2/c1-25(2,3)19-13-21(27(7,8)9)23(31-33)17(19)15-29-30-16-18-20(26(4,5)6)14-22(24(18)32-34)28(10,11)12/h13-16,33-34H,1-12H3/b29-15-,30-16-,31-23+,32-24+. The average Bonchev–Trinajstić information content (AvgIpc) is 3.22. The lowest BCUT2D eigenvalue weighted by Crippen LogP contribution is -2.18. The zero-order chi connectivity index (χ0) is 26.3. The van der Waals surface area contributed by atoms with Crippen molar-refractivity contribution in [2.24, 2.45) is 42.2 Å². The maximum absolute atomic E-state index is 9.83. The highest BCUT2D eigenvalue weighted by atomic mass is 16.4. The van der Waals surface area contributed by atoms with Crippen molar-refractivity contribution in [3.05, 3.63) is 45.6 Å². The fraction of sp³-hybridized carbons (Fsp3) is 0.571. The molecule has 0 radical (unpaired) electrons. The van der Waals surface area contributed by atoms with Crippen LogP contribution in [0, 0.1) is 21.7 Å². The first-order valence-corrected chi connectivity index (χ1v) is 11.8. The van der Waals surface area contributed by atoms with Crippen LogP contribution >= 0.6 is 0 Å². The van der Waals surface area contributed by atoms with E-state index in [-0.39, 0.29) is 21.7 Å². The average molecular weight is 467 g/mol. The molecule has 2 aliphatic rings. The Bertz CT molecular complexity index is 991. The molecule has 0 saturated carbocycles. The maximum Gasteiger partial charge on any atom is 0.115 e. The van der Waals surface area contributed by atoms with Gasteiger partial charge in [-0.15, -0.1) is 0 Å². The Morgan fingerprint density at radius 2 is 0.824 bits per heavy atom. The topological polar surface area (TPSA) is 89.9 Å². The first-order chi connectivity index (χ1) is 15.3. The summed E-state index contributed by atoms with van der Waals surface area (Å²) in [4.78, 5) is 0. The van der Waals surface area contributed by atoms with Gasteiger partial charge in [0, 0.05) is 11.1 Å². The Kier molecular flexibility index (Phi) is 7.37. The maximum atomic E-state index is 9.83. The van der Waals surface area contributed by atoms with Gasteiger partial charge in [0.05, 0.1) is 12.4 Å². The molecule has 0 unspecified atom stereocenters. The Labute approximate surface area is 205 Å². The van der Waals surface area contributed by atoms with E-state index < -0.39 is 0 Å². The lowest BCUT2D eigenvalue weighted by atomic mass is 9.83. The second kappa shape index (κ2) is 9.12. The van der Waals surface area contributed by atoms with E-state index >= 15 is 0 Å². The molecule has 0 heterocycles. The second-order valence-corrected chi connectivity index (χ2v) is 13.2. The molecular formula is C28H42N4O2. The van der Waals surface area contributed by atoms with Gasteiger partial charge in [0.2, 0.25) is 0 Å². The summed E-state index contributed by atoms with van der Waals surface area (Å²) >= 11 is 0. The number of allylic oxidation sites excluding steroid dienone is 8. The summed E-state index contributed by atoms with van der Waals surface area (Å²) in [6.07, 6.45) is 7.52. The van der Waals surface area contributed by atoms with Gasteiger partial charge in [-0.25, -0.2) is 0 Å². The molecule has 186 valence electrons. The lowest BCUT2D eigenvalue weighted by molar-refractivity contribution is 0.318. The fourth-order valence-electron chi connectivity index (χ4n) is 4.17. The molecule has 6 nitrogen and oxygen atoms in total. The van der Waals surface area contributed by atoms with Crippen LogP contribution in [0.2, 0.25) is 0 Å². The van der Waals surface area contributed by atoms with E-state index in [2.05, 4.69) is 116 Å². The summed E-state index contributed by atoms with van der Waals surface area (Å²) in [6.45, 7) is 25.3. The lowest BCUT2D eigenvalue weighted by Gasteiger charge is -2.21. The highest BCUT2D eigenvalue weighted by molar-refractivity contribution is 6.28. The first kappa shape index (κ1) is 27.5. The van der Waals surface area contributed by atoms with Gasteiger partial charge >= 0.3 is 0 Å². The molecule has 0 amide bonds. The molecule has 0 aromatic heterocycles. The van der Waals surface area contributed by atoms with Gasteiger partial charge in [-0.3, -0.25) is 0 Å². The Balaban J connectivity index is 2.51. The molecule has 0 atom stereocenters. The van der Waals surface area contributed by atoms with Crippen LogP contribution < -0.4 is 0 Å². The predicted octanol–water partition coefficient (Wildman–Crippen LogP) is 7.36. The van der Waals surface area contributed by atoms with Crippen molar-refractivity contribution in [3.63, 3.8) is 0 Å². The number of nitrogens with zero attached hydrogens (tertiary/aromatic N) is 4. The van der Waals surface area contributed by atoms with E-state index in [1.807, 2.05) is 0 Å². The molecule has 0 aromatic rings. The minimum Gasteiger partial charge on any atom is -0.410 e. The molecule has 0 aromatic carbocycles. The molecule has 2 N–H and O–H groups in total. The summed E-state index contributed by atoms with van der Waals surface area (Å²) in [5.74, 6) is 0. The number of oxime groups is 2. The van der Waals surface area contributed by atoms with E-state index in [1.165, 1.54) is 0 Å². The van der Waals surface area contributed by atoms with Crippen LogP contribution in [-0.4, -0.2) is 34.3 Å². The van der Waals surface area contributed by atoms with Gasteiger partial charge in [-0.05, 0) is 44.0 Å². The quantitative estimate of drug-likeness (QED) is 0.258. The van der Waals surface area contributed by atoms with Crippen LogP contribution in [0.15, 0.2) is 66.1 Å². The Morgan fingerprint density at radius 1 is 0.529 bits per heavy atom. The van der Waals surface area contributed by atoms with Crippen LogP contribution in [0.5, 0.6) is 0 Å². The number of hydrogen-bond acceptors (Lipinski definition) is 6. The number of rotatable bonds is 3. The van der Waals surface area contributed by atoms with Gasteiger partial charge in [0.1, 0.15) is 11.4 Å². The summed E-state index contributed by atoms with van der Waals surface area (Å²) < 4.78 is 0. The first-order valence-electron chi connectivity index (χ1n) is 11.8. The largest absolute Gasteiger partial charge is 0.410 e. The van der Waals surface area contributed by atoms with E-state index in [4.69, 9.17) is 0 Å². The van der Waals surface area contributed by atoms with Crippen molar-refractivity contribution < 1.29 is 10.4 Å². The Hall–Kier alpha value is -2.76. The van der Waals surface area contributed by atoms with Crippen LogP contribution in [0.4, 0.5) is 0 Å². The van der Waals surface area contributed by atoms with Crippen LogP contribution in [0.25, 0.3) is 0 Å². The van der Waals surface area contributed by atoms with Crippen LogP contribution in [0.3, 0.4) is 0 Å². The summed E-state index contributed by atoms with van der Waals surface area (Å²) in [5, 5.41) is 35.6. The van der Waals surface area contributed by atoms with Crippen molar-refractivity contribution in [1.29, 1.82) is 0 Å². The van der Waals surface area contributed by atoms with Gasteiger partial charge in [0.15, 0.2) is 0 Å². The molecule has 0 aliphatic heterocycles. The molecule has 34 heavy (non-hydrogen) atoms. The smallest absolute Gasteiger partial charge is 0.115 e. The third-order valence-electron chi connectivity index (χ3n) is 6.05. The minimum atomic E-state index is -0.186. The normalized spacial score (nSPS) is 21.2. The van der Waals surface area contributed by atoms with Crippen molar-refractivity contribution >= 4 is 23.9 Å². The van der Waals surface area contributed by atoms with Crippen LogP contribution in [-0.2, 0) is 0 Å². The summed E-state index contributed by atoms with van der Waals surface area (Å²) in [6, 6.07) is 0. The van der Waals surface area contributed by atoms with E-state index in [0.717, 1.165) is 33.4 Å².